The molecule has 22 heavy (non-hydrogen) atoms. The molecule has 0 bridgehead atoms. The second-order valence-electron chi connectivity index (χ2n) is 5.35. The fourth-order valence-corrected chi connectivity index (χ4v) is 2.94. The summed E-state index contributed by atoms with van der Waals surface area (Å²) in [7, 11) is 1.60. The molecule has 1 atom stereocenters. The van der Waals surface area contributed by atoms with E-state index in [1.165, 1.54) is 0 Å². The van der Waals surface area contributed by atoms with Crippen LogP contribution in [0, 0.1) is 0 Å². The molecule has 3 N–H and O–H groups in total. The zero-order valence-corrected chi connectivity index (χ0v) is 11.9. The Kier molecular flexibility index (Phi) is 2.55. The third-order valence-corrected chi connectivity index (χ3v) is 4.11. The largest absolute Gasteiger partial charge is 0.497 e. The Morgan fingerprint density at radius 1 is 1.14 bits per heavy atom. The lowest BCUT2D eigenvalue weighted by atomic mass is 9.92. The number of aliphatic hydroxyl groups is 1. The van der Waals surface area contributed by atoms with Gasteiger partial charge in [0.05, 0.1) is 12.8 Å². The van der Waals surface area contributed by atoms with E-state index in [1.54, 1.807) is 31.4 Å². The highest BCUT2D eigenvalue weighted by Crippen LogP contribution is 2.41. The Hall–Kier alpha value is -2.79. The summed E-state index contributed by atoms with van der Waals surface area (Å²) in [6, 6.07) is 14.5. The van der Waals surface area contributed by atoms with E-state index >= 15 is 0 Å². The summed E-state index contributed by atoms with van der Waals surface area (Å²) in [6.45, 7) is 0. The molecular formula is C17H14N2O3. The number of hydrogen-bond acceptors (Lipinski definition) is 3. The number of anilines is 1. The van der Waals surface area contributed by atoms with Crippen LogP contribution in [0.1, 0.15) is 11.3 Å². The van der Waals surface area contributed by atoms with Crippen molar-refractivity contribution in [2.45, 2.75) is 5.60 Å². The molecule has 1 amide bonds. The van der Waals surface area contributed by atoms with Crippen molar-refractivity contribution in [1.82, 2.24) is 4.98 Å². The maximum atomic E-state index is 12.3. The number of rotatable bonds is 2. The molecule has 5 nitrogen and oxygen atoms in total. The second kappa shape index (κ2) is 4.35. The number of aromatic nitrogens is 1. The molecule has 3 aromatic rings. The zero-order chi connectivity index (χ0) is 15.3. The average molecular weight is 294 g/mol. The van der Waals surface area contributed by atoms with Gasteiger partial charge in [0.1, 0.15) is 5.75 Å². The van der Waals surface area contributed by atoms with Gasteiger partial charge in [0.15, 0.2) is 0 Å². The van der Waals surface area contributed by atoms with Crippen LogP contribution in [0.3, 0.4) is 0 Å². The van der Waals surface area contributed by atoms with Gasteiger partial charge in [-0.3, -0.25) is 4.79 Å². The first kappa shape index (κ1) is 12.9. The molecule has 0 saturated heterocycles. The summed E-state index contributed by atoms with van der Waals surface area (Å²) in [6.07, 6.45) is 0. The lowest BCUT2D eigenvalue weighted by Gasteiger charge is -2.19. The van der Waals surface area contributed by atoms with Crippen LogP contribution in [0.5, 0.6) is 5.75 Å². The van der Waals surface area contributed by atoms with Crippen LogP contribution in [-0.2, 0) is 10.4 Å². The van der Waals surface area contributed by atoms with Crippen molar-refractivity contribution in [2.75, 3.05) is 12.4 Å². The number of methoxy groups -OCH3 is 1. The molecule has 1 aliphatic heterocycles. The first-order valence-corrected chi connectivity index (χ1v) is 6.93. The summed E-state index contributed by atoms with van der Waals surface area (Å²) in [5.74, 6) is 0.272. The van der Waals surface area contributed by atoms with Crippen LogP contribution in [0.4, 0.5) is 5.69 Å². The Balaban J connectivity index is 1.92. The first-order valence-electron chi connectivity index (χ1n) is 6.93. The minimum atomic E-state index is -1.71. The minimum absolute atomic E-state index is 0.443. The predicted octanol–water partition coefficient (Wildman–Crippen LogP) is 2.36. The number of fused-ring (bicyclic) bond motifs is 2. The molecule has 4 rings (SSSR count). The number of aromatic amines is 1. The van der Waals surface area contributed by atoms with Crippen LogP contribution in [-0.4, -0.2) is 23.1 Å². The topological polar surface area (TPSA) is 74.3 Å². The van der Waals surface area contributed by atoms with Crippen LogP contribution in [0.2, 0.25) is 0 Å². The smallest absolute Gasteiger partial charge is 0.267 e. The number of para-hydroxylation sites is 1. The second-order valence-corrected chi connectivity index (χ2v) is 5.35. The SMILES string of the molecule is COc1ccc2[nH]c(C3(O)C(=O)Nc4ccccc43)cc2c1. The molecule has 0 radical (unpaired) electrons. The lowest BCUT2D eigenvalue weighted by molar-refractivity contribution is -0.129. The third kappa shape index (κ3) is 1.60. The van der Waals surface area contributed by atoms with Gasteiger partial charge in [-0.25, -0.2) is 0 Å². The molecule has 0 fully saturated rings. The Bertz CT molecular complexity index is 900. The normalized spacial score (nSPS) is 20.0. The molecule has 1 aliphatic rings. The summed E-state index contributed by atoms with van der Waals surface area (Å²) in [5, 5.41) is 14.6. The highest BCUT2D eigenvalue weighted by atomic mass is 16.5. The van der Waals surface area contributed by atoms with E-state index in [1.807, 2.05) is 24.3 Å². The molecule has 1 aromatic heterocycles. The Labute approximate surface area is 126 Å². The molecule has 2 heterocycles. The van der Waals surface area contributed by atoms with Crippen LogP contribution >= 0.6 is 0 Å². The molecule has 5 heteroatoms. The van der Waals surface area contributed by atoms with Gasteiger partial charge in [0.2, 0.25) is 5.60 Å². The zero-order valence-electron chi connectivity index (χ0n) is 11.9. The molecule has 110 valence electrons. The number of H-pyrrole nitrogens is 1. The van der Waals surface area contributed by atoms with E-state index < -0.39 is 11.5 Å². The van der Waals surface area contributed by atoms with Gasteiger partial charge in [-0.1, -0.05) is 18.2 Å². The van der Waals surface area contributed by atoms with Gasteiger partial charge >= 0.3 is 0 Å². The monoisotopic (exact) mass is 294 g/mol. The summed E-state index contributed by atoms with van der Waals surface area (Å²) in [5.41, 5.74) is 0.757. The van der Waals surface area contributed by atoms with Crippen molar-refractivity contribution >= 4 is 22.5 Å². The molecule has 0 spiro atoms. The number of benzene rings is 2. The quantitative estimate of drug-likeness (QED) is 0.679. The molecule has 1 unspecified atom stereocenters. The van der Waals surface area contributed by atoms with Gasteiger partial charge in [-0.05, 0) is 30.3 Å². The number of hydrogen-bond donors (Lipinski definition) is 3. The number of carbonyl (C=O) groups is 1. The fourth-order valence-electron chi connectivity index (χ4n) is 2.94. The van der Waals surface area contributed by atoms with Crippen LogP contribution in [0.15, 0.2) is 48.5 Å². The number of ether oxygens (including phenoxy) is 1. The summed E-state index contributed by atoms with van der Waals surface area (Å²) < 4.78 is 5.20. The molecule has 0 saturated carbocycles. The fraction of sp³-hybridized carbons (Fsp3) is 0.118. The third-order valence-electron chi connectivity index (χ3n) is 4.11. The molecular weight excluding hydrogens is 280 g/mol. The van der Waals surface area contributed by atoms with Gasteiger partial charge in [-0.2, -0.15) is 0 Å². The first-order chi connectivity index (χ1) is 10.6. The van der Waals surface area contributed by atoms with Crippen molar-refractivity contribution in [3.63, 3.8) is 0 Å². The van der Waals surface area contributed by atoms with E-state index in [2.05, 4.69) is 10.3 Å². The minimum Gasteiger partial charge on any atom is -0.497 e. The predicted molar refractivity (Wildman–Crippen MR) is 82.9 cm³/mol. The van der Waals surface area contributed by atoms with Crippen molar-refractivity contribution in [3.05, 3.63) is 59.8 Å². The van der Waals surface area contributed by atoms with E-state index in [4.69, 9.17) is 4.74 Å². The Morgan fingerprint density at radius 3 is 2.77 bits per heavy atom. The summed E-state index contributed by atoms with van der Waals surface area (Å²) >= 11 is 0. The van der Waals surface area contributed by atoms with Crippen molar-refractivity contribution in [3.8, 4) is 5.75 Å². The van der Waals surface area contributed by atoms with Crippen molar-refractivity contribution in [2.24, 2.45) is 0 Å². The highest BCUT2D eigenvalue weighted by molar-refractivity contribution is 6.07. The number of carbonyl (C=O) groups excluding carboxylic acids is 1. The van der Waals surface area contributed by atoms with Crippen molar-refractivity contribution < 1.29 is 14.6 Å². The van der Waals surface area contributed by atoms with E-state index in [0.717, 1.165) is 16.7 Å². The van der Waals surface area contributed by atoms with E-state index in [9.17, 15) is 9.90 Å². The van der Waals surface area contributed by atoms with Gasteiger partial charge in [-0.15, -0.1) is 0 Å². The maximum absolute atomic E-state index is 12.3. The maximum Gasteiger partial charge on any atom is 0.267 e. The number of nitrogens with one attached hydrogen (secondary N) is 2. The van der Waals surface area contributed by atoms with Gasteiger partial charge in [0.25, 0.3) is 5.91 Å². The van der Waals surface area contributed by atoms with Crippen LogP contribution < -0.4 is 10.1 Å². The summed E-state index contributed by atoms with van der Waals surface area (Å²) in [4.78, 5) is 15.5. The number of amides is 1. The van der Waals surface area contributed by atoms with Crippen LogP contribution in [0.25, 0.3) is 10.9 Å². The molecule has 2 aromatic carbocycles. The van der Waals surface area contributed by atoms with E-state index in [-0.39, 0.29) is 0 Å². The van der Waals surface area contributed by atoms with E-state index in [0.29, 0.717) is 16.9 Å². The van der Waals surface area contributed by atoms with Crippen molar-refractivity contribution in [1.29, 1.82) is 0 Å². The highest BCUT2D eigenvalue weighted by Gasteiger charge is 2.47. The van der Waals surface area contributed by atoms with Gasteiger partial charge in [0, 0.05) is 22.2 Å². The van der Waals surface area contributed by atoms with Gasteiger partial charge < -0.3 is 20.1 Å². The average Bonchev–Trinajstić information content (AvgIpc) is 3.07. The Morgan fingerprint density at radius 2 is 1.95 bits per heavy atom. The standard InChI is InChI=1S/C17H14N2O3/c1-22-11-6-7-13-10(8-11)9-15(18-13)17(21)12-4-2-3-5-14(12)19-16(17)20/h2-9,18,21H,1H3,(H,19,20). The molecule has 0 aliphatic carbocycles. The lowest BCUT2D eigenvalue weighted by Crippen LogP contribution is -2.35.